The van der Waals surface area contributed by atoms with E-state index < -0.39 is 5.41 Å². The molecule has 0 fully saturated rings. The first-order valence-corrected chi connectivity index (χ1v) is 19.7. The van der Waals surface area contributed by atoms with Gasteiger partial charge in [-0.15, -0.1) is 0 Å². The smallest absolute Gasteiger partial charge is 0.123 e. The van der Waals surface area contributed by atoms with Gasteiger partial charge >= 0.3 is 0 Å². The minimum atomic E-state index is -0.550. The molecule has 0 aliphatic carbocycles. The highest BCUT2D eigenvalue weighted by Gasteiger charge is 2.38. The molecule has 0 amide bonds. The number of fused-ring (bicyclic) bond motifs is 3. The number of aromatic nitrogens is 1. The Kier molecular flexibility index (Phi) is 8.96. The summed E-state index contributed by atoms with van der Waals surface area (Å²) in [5.41, 5.74) is 12.8. The van der Waals surface area contributed by atoms with Gasteiger partial charge in [0.25, 0.3) is 0 Å². The highest BCUT2D eigenvalue weighted by Crippen LogP contribution is 2.47. The molecular formula is C55H39FN2. The summed E-state index contributed by atoms with van der Waals surface area (Å²) in [6, 6.07) is 82.8. The Morgan fingerprint density at radius 3 is 1.34 bits per heavy atom. The fourth-order valence-electron chi connectivity index (χ4n) is 8.77. The molecule has 1 aromatic heterocycles. The number of rotatable bonds is 9. The Morgan fingerprint density at radius 2 is 0.776 bits per heavy atom. The van der Waals surface area contributed by atoms with Crippen LogP contribution in [0, 0.1) is 5.82 Å². The van der Waals surface area contributed by atoms with Gasteiger partial charge < -0.3 is 9.47 Å². The van der Waals surface area contributed by atoms with Crippen molar-refractivity contribution < 1.29 is 4.39 Å². The summed E-state index contributed by atoms with van der Waals surface area (Å²) in [6.07, 6.45) is 0. The summed E-state index contributed by atoms with van der Waals surface area (Å²) < 4.78 is 16.3. The Balaban J connectivity index is 1.16. The third-order valence-electron chi connectivity index (χ3n) is 11.4. The van der Waals surface area contributed by atoms with Gasteiger partial charge in [0.2, 0.25) is 0 Å². The fourth-order valence-corrected chi connectivity index (χ4v) is 8.77. The zero-order valence-electron chi connectivity index (χ0n) is 31.8. The molecule has 0 aliphatic rings. The molecule has 9 aromatic carbocycles. The van der Waals surface area contributed by atoms with Crippen LogP contribution in [0.25, 0.3) is 38.6 Å². The predicted octanol–water partition coefficient (Wildman–Crippen LogP) is 14.4. The number of hydrogen-bond acceptors (Lipinski definition) is 1. The average molecular weight is 747 g/mol. The lowest BCUT2D eigenvalue weighted by Gasteiger charge is -2.37. The van der Waals surface area contributed by atoms with E-state index in [0.29, 0.717) is 0 Å². The fraction of sp³-hybridized carbons (Fsp3) is 0.0182. The molecule has 10 rings (SSSR count). The molecule has 0 atom stereocenters. The third-order valence-corrected chi connectivity index (χ3v) is 11.4. The molecule has 3 heteroatoms. The van der Waals surface area contributed by atoms with Gasteiger partial charge in [-0.2, -0.15) is 0 Å². The number of para-hydroxylation sites is 1. The number of halogens is 1. The minimum Gasteiger partial charge on any atom is -0.310 e. The first-order chi connectivity index (χ1) is 28.7. The molecule has 1 heterocycles. The molecule has 0 spiro atoms. The molecule has 58 heavy (non-hydrogen) atoms. The van der Waals surface area contributed by atoms with Crippen LogP contribution in [0.5, 0.6) is 0 Å². The molecule has 0 saturated carbocycles. The van der Waals surface area contributed by atoms with Crippen molar-refractivity contribution in [3.05, 3.63) is 265 Å². The Hall–Kier alpha value is -7.49. The minimum absolute atomic E-state index is 0.250. The quantitative estimate of drug-likeness (QED) is 0.134. The largest absolute Gasteiger partial charge is 0.310 e. The van der Waals surface area contributed by atoms with Crippen molar-refractivity contribution in [3.8, 4) is 16.8 Å². The zero-order chi connectivity index (χ0) is 38.9. The molecule has 0 bridgehead atoms. The second kappa shape index (κ2) is 14.9. The zero-order valence-corrected chi connectivity index (χ0v) is 31.8. The maximum atomic E-state index is 14.1. The van der Waals surface area contributed by atoms with Gasteiger partial charge in [0.1, 0.15) is 5.82 Å². The average Bonchev–Trinajstić information content (AvgIpc) is 3.63. The van der Waals surface area contributed by atoms with Crippen molar-refractivity contribution in [1.82, 2.24) is 4.57 Å². The normalized spacial score (nSPS) is 11.5. The molecule has 0 aliphatic heterocycles. The Morgan fingerprint density at radius 1 is 0.345 bits per heavy atom. The number of nitrogens with zero attached hydrogens (tertiary/aromatic N) is 2. The number of anilines is 3. The monoisotopic (exact) mass is 746 g/mol. The van der Waals surface area contributed by atoms with Crippen LogP contribution in [-0.4, -0.2) is 4.57 Å². The van der Waals surface area contributed by atoms with E-state index in [1.807, 2.05) is 12.1 Å². The molecule has 0 radical (unpaired) electrons. The van der Waals surface area contributed by atoms with E-state index in [9.17, 15) is 4.39 Å². The standard InChI is InChI=1S/C55H39FN2/c56-46-29-35-49(36-30-46)58-53-24-14-13-23-51(53)52-39-50(37-38-54(52)58)57(47-31-25-41(26-32-47)40-15-5-1-6-16-40)48-33-27-45(28-34-48)55(42-17-7-2-8-18-42,43-19-9-3-10-20-43)44-21-11-4-12-22-44/h1-39H. The van der Waals surface area contributed by atoms with Crippen LogP contribution in [-0.2, 0) is 5.41 Å². The number of benzene rings is 9. The summed E-state index contributed by atoms with van der Waals surface area (Å²) in [5.74, 6) is -0.250. The van der Waals surface area contributed by atoms with E-state index in [0.717, 1.165) is 50.1 Å². The molecule has 276 valence electrons. The maximum absolute atomic E-state index is 14.1. The van der Waals surface area contributed by atoms with Crippen molar-refractivity contribution in [1.29, 1.82) is 0 Å². The molecular weight excluding hydrogens is 708 g/mol. The van der Waals surface area contributed by atoms with Crippen molar-refractivity contribution in [2.45, 2.75) is 5.41 Å². The topological polar surface area (TPSA) is 8.17 Å². The van der Waals surface area contributed by atoms with Crippen LogP contribution < -0.4 is 4.90 Å². The lowest BCUT2D eigenvalue weighted by molar-refractivity contribution is 0.627. The SMILES string of the molecule is Fc1ccc(-n2c3ccccc3c3cc(N(c4ccc(-c5ccccc5)cc4)c4ccc(C(c5ccccc5)(c5ccccc5)c5ccccc5)cc4)ccc32)cc1. The van der Waals surface area contributed by atoms with Gasteiger partial charge in [0.05, 0.1) is 16.4 Å². The maximum Gasteiger partial charge on any atom is 0.123 e. The third kappa shape index (κ3) is 6.05. The van der Waals surface area contributed by atoms with Crippen molar-refractivity contribution in [3.63, 3.8) is 0 Å². The lowest BCUT2D eigenvalue weighted by atomic mass is 9.65. The van der Waals surface area contributed by atoms with Gasteiger partial charge in [-0.3, -0.25) is 0 Å². The van der Waals surface area contributed by atoms with Gasteiger partial charge in [-0.1, -0.05) is 164 Å². The van der Waals surface area contributed by atoms with E-state index in [4.69, 9.17) is 0 Å². The van der Waals surface area contributed by atoms with E-state index in [1.165, 1.54) is 39.9 Å². The van der Waals surface area contributed by atoms with Crippen molar-refractivity contribution >= 4 is 38.9 Å². The van der Waals surface area contributed by atoms with Crippen LogP contribution in [0.4, 0.5) is 21.5 Å². The molecule has 10 aromatic rings. The lowest BCUT2D eigenvalue weighted by Crippen LogP contribution is -2.31. The van der Waals surface area contributed by atoms with E-state index in [-0.39, 0.29) is 5.82 Å². The van der Waals surface area contributed by atoms with E-state index >= 15 is 0 Å². The van der Waals surface area contributed by atoms with Crippen LogP contribution >= 0.6 is 0 Å². The Labute approximate surface area is 338 Å². The molecule has 0 unspecified atom stereocenters. The van der Waals surface area contributed by atoms with Crippen LogP contribution in [0.2, 0.25) is 0 Å². The summed E-state index contributed by atoms with van der Waals surface area (Å²) in [7, 11) is 0. The predicted molar refractivity (Wildman–Crippen MR) is 239 cm³/mol. The van der Waals surface area contributed by atoms with Gasteiger partial charge in [-0.25, -0.2) is 4.39 Å². The molecule has 2 nitrogen and oxygen atoms in total. The van der Waals surface area contributed by atoms with E-state index in [1.54, 1.807) is 0 Å². The summed E-state index contributed by atoms with van der Waals surface area (Å²) in [5, 5.41) is 2.26. The van der Waals surface area contributed by atoms with E-state index in [2.05, 4.69) is 222 Å². The number of hydrogen-bond donors (Lipinski definition) is 0. The highest BCUT2D eigenvalue weighted by molar-refractivity contribution is 6.10. The first kappa shape index (κ1) is 35.0. The molecule has 0 N–H and O–H groups in total. The Bertz CT molecular complexity index is 2860. The van der Waals surface area contributed by atoms with Crippen LogP contribution in [0.15, 0.2) is 237 Å². The van der Waals surface area contributed by atoms with Gasteiger partial charge in [0.15, 0.2) is 0 Å². The molecule has 0 saturated heterocycles. The van der Waals surface area contributed by atoms with Crippen LogP contribution in [0.1, 0.15) is 22.3 Å². The summed E-state index contributed by atoms with van der Waals surface area (Å²) in [4.78, 5) is 2.34. The van der Waals surface area contributed by atoms with Crippen molar-refractivity contribution in [2.24, 2.45) is 0 Å². The van der Waals surface area contributed by atoms with Crippen LogP contribution in [0.3, 0.4) is 0 Å². The highest BCUT2D eigenvalue weighted by atomic mass is 19.1. The first-order valence-electron chi connectivity index (χ1n) is 19.7. The second-order valence-corrected chi connectivity index (χ2v) is 14.7. The second-order valence-electron chi connectivity index (χ2n) is 14.7. The van der Waals surface area contributed by atoms with Gasteiger partial charge in [-0.05, 0) is 106 Å². The van der Waals surface area contributed by atoms with Crippen molar-refractivity contribution in [2.75, 3.05) is 4.90 Å². The summed E-state index contributed by atoms with van der Waals surface area (Å²) >= 11 is 0. The summed E-state index contributed by atoms with van der Waals surface area (Å²) in [6.45, 7) is 0. The van der Waals surface area contributed by atoms with Gasteiger partial charge in [0, 0.05) is 33.5 Å².